The summed E-state index contributed by atoms with van der Waals surface area (Å²) in [6, 6.07) is 7.62. The molecule has 1 N–H and O–H groups in total. The summed E-state index contributed by atoms with van der Waals surface area (Å²) in [6.07, 6.45) is 1.39. The molecule has 7 heteroatoms. The van der Waals surface area contributed by atoms with Gasteiger partial charge < -0.3 is 4.52 Å². The van der Waals surface area contributed by atoms with Crippen LogP contribution in [0.3, 0.4) is 0 Å². The maximum Gasteiger partial charge on any atom is 0.259 e. The number of aromatic nitrogens is 5. The number of hydrogen-bond donors (Lipinski definition) is 1. The Morgan fingerprint density at radius 3 is 2.88 bits per heavy atom. The van der Waals surface area contributed by atoms with E-state index in [0.717, 1.165) is 10.0 Å². The Morgan fingerprint density at radius 1 is 1.24 bits per heavy atom. The summed E-state index contributed by atoms with van der Waals surface area (Å²) in [5.41, 5.74) is 0.839. The molecule has 0 atom stereocenters. The molecule has 2 heterocycles. The van der Waals surface area contributed by atoms with Gasteiger partial charge in [-0.3, -0.25) is 5.10 Å². The predicted molar refractivity (Wildman–Crippen MR) is 62.8 cm³/mol. The zero-order valence-electron chi connectivity index (χ0n) is 8.46. The number of aromatic amines is 1. The normalized spacial score (nSPS) is 10.6. The van der Waals surface area contributed by atoms with Crippen molar-refractivity contribution in [3.8, 4) is 23.1 Å². The van der Waals surface area contributed by atoms with Crippen LogP contribution in [0, 0.1) is 0 Å². The van der Waals surface area contributed by atoms with Crippen LogP contribution in [-0.4, -0.2) is 25.3 Å². The highest BCUT2D eigenvalue weighted by Gasteiger charge is 2.13. The van der Waals surface area contributed by atoms with E-state index in [4.69, 9.17) is 4.52 Å². The van der Waals surface area contributed by atoms with E-state index in [0.29, 0.717) is 17.5 Å². The number of rotatable bonds is 2. The molecule has 0 aliphatic heterocycles. The van der Waals surface area contributed by atoms with Crippen LogP contribution in [0.2, 0.25) is 0 Å². The summed E-state index contributed by atoms with van der Waals surface area (Å²) in [5, 5.41) is 10.2. The van der Waals surface area contributed by atoms with Crippen molar-refractivity contribution in [2.45, 2.75) is 0 Å². The average molecular weight is 292 g/mol. The first-order valence-corrected chi connectivity index (χ1v) is 5.58. The van der Waals surface area contributed by atoms with Crippen LogP contribution in [0.4, 0.5) is 0 Å². The van der Waals surface area contributed by atoms with Crippen LogP contribution in [0.1, 0.15) is 0 Å². The molecule has 0 aliphatic carbocycles. The van der Waals surface area contributed by atoms with Crippen LogP contribution < -0.4 is 0 Å². The Labute approximate surface area is 104 Å². The van der Waals surface area contributed by atoms with Crippen molar-refractivity contribution in [1.29, 1.82) is 0 Å². The van der Waals surface area contributed by atoms with E-state index in [2.05, 4.69) is 41.3 Å². The number of H-pyrrole nitrogens is 1. The fourth-order valence-corrected chi connectivity index (χ4v) is 1.83. The van der Waals surface area contributed by atoms with Gasteiger partial charge in [0.1, 0.15) is 6.33 Å². The zero-order valence-corrected chi connectivity index (χ0v) is 10.0. The number of nitrogens with one attached hydrogen (secondary N) is 1. The van der Waals surface area contributed by atoms with Crippen LogP contribution in [0.25, 0.3) is 23.1 Å². The molecule has 1 aromatic carbocycles. The molecule has 6 nitrogen and oxygen atoms in total. The third-order valence-electron chi connectivity index (χ3n) is 2.16. The number of nitrogens with zero attached hydrogens (tertiary/aromatic N) is 4. The van der Waals surface area contributed by atoms with Crippen LogP contribution in [0.15, 0.2) is 39.6 Å². The molecule has 0 aliphatic rings. The van der Waals surface area contributed by atoms with Gasteiger partial charge in [-0.25, -0.2) is 4.98 Å². The number of hydrogen-bond acceptors (Lipinski definition) is 5. The molecule has 0 saturated heterocycles. The van der Waals surface area contributed by atoms with Crippen molar-refractivity contribution in [2.75, 3.05) is 0 Å². The molecule has 0 spiro atoms. The van der Waals surface area contributed by atoms with Crippen molar-refractivity contribution in [2.24, 2.45) is 0 Å². The first-order valence-electron chi connectivity index (χ1n) is 4.79. The fraction of sp³-hybridized carbons (Fsp3) is 0. The standard InChI is InChI=1S/C10H6BrN5O/c11-7-4-2-1-3-6(7)10-14-9(16-17-10)8-12-5-13-15-8/h1-5H,(H,12,13,15). The van der Waals surface area contributed by atoms with Gasteiger partial charge in [-0.05, 0) is 28.1 Å². The summed E-state index contributed by atoms with van der Waals surface area (Å²) in [5.74, 6) is 1.30. The molecule has 3 aromatic rings. The van der Waals surface area contributed by atoms with Crippen LogP contribution in [0.5, 0.6) is 0 Å². The lowest BCUT2D eigenvalue weighted by molar-refractivity contribution is 0.431. The van der Waals surface area contributed by atoms with Gasteiger partial charge in [0, 0.05) is 4.47 Å². The van der Waals surface area contributed by atoms with Gasteiger partial charge in [-0.2, -0.15) is 10.1 Å². The van der Waals surface area contributed by atoms with Gasteiger partial charge in [0.25, 0.3) is 5.89 Å². The second-order valence-electron chi connectivity index (χ2n) is 3.24. The molecule has 84 valence electrons. The second kappa shape index (κ2) is 4.10. The highest BCUT2D eigenvalue weighted by Crippen LogP contribution is 2.27. The van der Waals surface area contributed by atoms with Gasteiger partial charge in [0.05, 0.1) is 5.56 Å². The minimum absolute atomic E-state index is 0.383. The summed E-state index contributed by atoms with van der Waals surface area (Å²) >= 11 is 3.43. The molecule has 0 unspecified atom stereocenters. The van der Waals surface area contributed by atoms with Crippen molar-refractivity contribution in [3.05, 3.63) is 35.1 Å². The molecule has 0 saturated carbocycles. The second-order valence-corrected chi connectivity index (χ2v) is 4.09. The number of benzene rings is 1. The lowest BCUT2D eigenvalue weighted by Crippen LogP contribution is -1.84. The molecule has 0 radical (unpaired) electrons. The third kappa shape index (κ3) is 1.84. The highest BCUT2D eigenvalue weighted by molar-refractivity contribution is 9.10. The average Bonchev–Trinajstić information content (AvgIpc) is 3.00. The van der Waals surface area contributed by atoms with Crippen molar-refractivity contribution in [3.63, 3.8) is 0 Å². The van der Waals surface area contributed by atoms with Gasteiger partial charge >= 0.3 is 0 Å². The molecular formula is C10H6BrN5O. The Balaban J connectivity index is 2.04. The van der Waals surface area contributed by atoms with Gasteiger partial charge in [-0.15, -0.1) is 0 Å². The topological polar surface area (TPSA) is 80.5 Å². The molecule has 0 bridgehead atoms. The smallest absolute Gasteiger partial charge is 0.259 e. The van der Waals surface area contributed by atoms with E-state index < -0.39 is 0 Å². The Morgan fingerprint density at radius 2 is 2.12 bits per heavy atom. The summed E-state index contributed by atoms with van der Waals surface area (Å²) in [6.45, 7) is 0. The fourth-order valence-electron chi connectivity index (χ4n) is 1.38. The summed E-state index contributed by atoms with van der Waals surface area (Å²) < 4.78 is 6.07. The molecule has 0 fully saturated rings. The summed E-state index contributed by atoms with van der Waals surface area (Å²) in [4.78, 5) is 8.19. The highest BCUT2D eigenvalue weighted by atomic mass is 79.9. The maximum atomic E-state index is 5.18. The minimum atomic E-state index is 0.383. The van der Waals surface area contributed by atoms with Gasteiger partial charge in [0.2, 0.25) is 5.82 Å². The third-order valence-corrected chi connectivity index (χ3v) is 2.85. The van der Waals surface area contributed by atoms with E-state index in [-0.39, 0.29) is 0 Å². The quantitative estimate of drug-likeness (QED) is 0.783. The predicted octanol–water partition coefficient (Wildman–Crippen LogP) is 2.28. The van der Waals surface area contributed by atoms with E-state index in [1.165, 1.54) is 6.33 Å². The Hall–Kier alpha value is -2.02. The Bertz CT molecular complexity index is 634. The zero-order chi connectivity index (χ0) is 11.7. The van der Waals surface area contributed by atoms with E-state index in [9.17, 15) is 0 Å². The first-order chi connectivity index (χ1) is 8.34. The molecule has 3 rings (SSSR count). The van der Waals surface area contributed by atoms with Crippen molar-refractivity contribution >= 4 is 15.9 Å². The monoisotopic (exact) mass is 291 g/mol. The largest absolute Gasteiger partial charge is 0.333 e. The molecule has 0 amide bonds. The number of halogens is 1. The SMILES string of the molecule is Brc1ccccc1-c1nc(-c2ncn[nH]2)no1. The molecule has 2 aromatic heterocycles. The Kier molecular flexibility index (Phi) is 2.45. The van der Waals surface area contributed by atoms with Gasteiger partial charge in [0.15, 0.2) is 5.82 Å². The minimum Gasteiger partial charge on any atom is -0.333 e. The molecular weight excluding hydrogens is 286 g/mol. The maximum absolute atomic E-state index is 5.18. The summed E-state index contributed by atoms with van der Waals surface area (Å²) in [7, 11) is 0. The lowest BCUT2D eigenvalue weighted by Gasteiger charge is -1.95. The van der Waals surface area contributed by atoms with Gasteiger partial charge in [-0.1, -0.05) is 17.3 Å². The van der Waals surface area contributed by atoms with E-state index in [1.807, 2.05) is 24.3 Å². The first kappa shape index (κ1) is 10.2. The van der Waals surface area contributed by atoms with Crippen molar-refractivity contribution in [1.82, 2.24) is 25.3 Å². The van der Waals surface area contributed by atoms with E-state index >= 15 is 0 Å². The van der Waals surface area contributed by atoms with Crippen molar-refractivity contribution < 1.29 is 4.52 Å². The lowest BCUT2D eigenvalue weighted by atomic mass is 10.2. The van der Waals surface area contributed by atoms with Crippen LogP contribution in [-0.2, 0) is 0 Å². The molecule has 17 heavy (non-hydrogen) atoms. The van der Waals surface area contributed by atoms with E-state index in [1.54, 1.807) is 0 Å². The van der Waals surface area contributed by atoms with Crippen LogP contribution >= 0.6 is 15.9 Å².